The van der Waals surface area contributed by atoms with Crippen LogP contribution in [0.1, 0.15) is 11.6 Å². The molecule has 0 amide bonds. The van der Waals surface area contributed by atoms with Crippen LogP contribution < -0.4 is 0 Å². The Bertz CT molecular complexity index is 400. The summed E-state index contributed by atoms with van der Waals surface area (Å²) in [5, 5.41) is 21.7. The molecule has 82 valence electrons. The van der Waals surface area contributed by atoms with E-state index < -0.39 is 26.1 Å². The Morgan fingerprint density at radius 3 is 2.00 bits per heavy atom. The van der Waals surface area contributed by atoms with Gasteiger partial charge in [0, 0.05) is 0 Å². The van der Waals surface area contributed by atoms with E-state index in [1.165, 1.54) is 0 Å². The van der Waals surface area contributed by atoms with E-state index in [9.17, 15) is 9.36 Å². The normalized spacial score (nSPS) is 11.3. The molecule has 0 saturated carbocycles. The Labute approximate surface area is 83.3 Å². The minimum atomic E-state index is -4.25. The van der Waals surface area contributed by atoms with E-state index >= 15 is 0 Å². The largest absolute Gasteiger partial charge is 0.481 e. The predicted molar refractivity (Wildman–Crippen MR) is 44.7 cm³/mol. The molecule has 9 nitrogen and oxygen atoms in total. The average molecular weight is 234 g/mol. The predicted octanol–water partition coefficient (Wildman–Crippen LogP) is -1.43. The number of aliphatic carboxylic acids is 1. The number of carboxylic acid groups (broad SMARTS) is 1. The van der Waals surface area contributed by atoms with E-state index in [0.29, 0.717) is 0 Å². The van der Waals surface area contributed by atoms with Crippen LogP contribution in [0.2, 0.25) is 0 Å². The topological polar surface area (TPSA) is 146 Å². The van der Waals surface area contributed by atoms with Crippen molar-refractivity contribution in [1.29, 1.82) is 0 Å². The van der Waals surface area contributed by atoms with Gasteiger partial charge in [-0.05, 0) is 0 Å². The summed E-state index contributed by atoms with van der Waals surface area (Å²) >= 11 is 0. The summed E-state index contributed by atoms with van der Waals surface area (Å²) in [5.41, 5.74) is 0. The van der Waals surface area contributed by atoms with E-state index in [2.05, 4.69) is 20.4 Å². The van der Waals surface area contributed by atoms with Crippen molar-refractivity contribution in [2.45, 2.75) is 12.6 Å². The lowest BCUT2D eigenvalue weighted by Gasteiger charge is -2.00. The molecule has 1 heterocycles. The fourth-order valence-corrected chi connectivity index (χ4v) is 1.22. The molecule has 0 aliphatic carbocycles. The first kappa shape index (κ1) is 11.6. The Kier molecular flexibility index (Phi) is 3.40. The molecule has 0 fully saturated rings. The van der Waals surface area contributed by atoms with E-state index in [-0.39, 0.29) is 11.6 Å². The summed E-state index contributed by atoms with van der Waals surface area (Å²) in [4.78, 5) is 27.4. The summed E-state index contributed by atoms with van der Waals surface area (Å²) < 4.78 is 10.5. The van der Waals surface area contributed by atoms with Gasteiger partial charge < -0.3 is 14.9 Å². The van der Waals surface area contributed by atoms with Crippen LogP contribution >= 0.6 is 7.60 Å². The van der Waals surface area contributed by atoms with Gasteiger partial charge >= 0.3 is 13.6 Å². The molecule has 0 radical (unpaired) electrons. The van der Waals surface area contributed by atoms with Gasteiger partial charge in [0.15, 0.2) is 11.6 Å². The number of nitrogens with zero attached hydrogens (tertiary/aromatic N) is 4. The van der Waals surface area contributed by atoms with Gasteiger partial charge in [0.05, 0.1) is 0 Å². The molecule has 3 N–H and O–H groups in total. The second-order valence-electron chi connectivity index (χ2n) is 2.63. The first-order chi connectivity index (χ1) is 6.87. The lowest BCUT2D eigenvalue weighted by atomic mass is 10.4. The standard InChI is InChI=1S/C5H7N4O5P/c10-5(11)1-3-6-8-4(9-7-3)2-15(12,13)14/h1-2H2,(H,10,11)(H2,12,13,14). The second-order valence-corrected chi connectivity index (χ2v) is 4.27. The maximum absolute atomic E-state index is 10.5. The average Bonchev–Trinajstić information content (AvgIpc) is 2.05. The molecule has 0 saturated heterocycles. The van der Waals surface area contributed by atoms with Crippen LogP contribution in [0.4, 0.5) is 0 Å². The fraction of sp³-hybridized carbons (Fsp3) is 0.400. The highest BCUT2D eigenvalue weighted by Crippen LogP contribution is 2.37. The van der Waals surface area contributed by atoms with Gasteiger partial charge in [0.2, 0.25) is 0 Å². The number of rotatable bonds is 4. The van der Waals surface area contributed by atoms with Crippen molar-refractivity contribution in [3.8, 4) is 0 Å². The second kappa shape index (κ2) is 4.39. The molecule has 0 aliphatic heterocycles. The van der Waals surface area contributed by atoms with Crippen LogP contribution in [-0.2, 0) is 21.9 Å². The molecule has 10 heteroatoms. The smallest absolute Gasteiger partial charge is 0.333 e. The van der Waals surface area contributed by atoms with Crippen molar-refractivity contribution < 1.29 is 24.3 Å². The molecule has 0 atom stereocenters. The summed E-state index contributed by atoms with van der Waals surface area (Å²) in [7, 11) is -4.25. The SMILES string of the molecule is O=C(O)Cc1nnc(CP(=O)(O)O)nn1. The van der Waals surface area contributed by atoms with Gasteiger partial charge in [-0.3, -0.25) is 9.36 Å². The van der Waals surface area contributed by atoms with Gasteiger partial charge in [0.1, 0.15) is 12.6 Å². The zero-order valence-corrected chi connectivity index (χ0v) is 8.20. The molecule has 15 heavy (non-hydrogen) atoms. The molecule has 0 bridgehead atoms. The monoisotopic (exact) mass is 234 g/mol. The first-order valence-electron chi connectivity index (χ1n) is 3.68. The number of carboxylic acids is 1. The van der Waals surface area contributed by atoms with Crippen molar-refractivity contribution >= 4 is 13.6 Å². The highest BCUT2D eigenvalue weighted by molar-refractivity contribution is 7.50. The van der Waals surface area contributed by atoms with Crippen molar-refractivity contribution in [3.05, 3.63) is 11.6 Å². The summed E-state index contributed by atoms with van der Waals surface area (Å²) in [6, 6.07) is 0. The van der Waals surface area contributed by atoms with E-state index in [1.807, 2.05) is 0 Å². The van der Waals surface area contributed by atoms with Crippen molar-refractivity contribution in [2.24, 2.45) is 0 Å². The molecule has 1 aromatic rings. The number of hydrogen-bond donors (Lipinski definition) is 3. The highest BCUT2D eigenvalue weighted by Gasteiger charge is 2.17. The van der Waals surface area contributed by atoms with Crippen LogP contribution in [0.25, 0.3) is 0 Å². The molecule has 1 aromatic heterocycles. The lowest BCUT2D eigenvalue weighted by molar-refractivity contribution is -0.136. The third kappa shape index (κ3) is 4.54. The lowest BCUT2D eigenvalue weighted by Crippen LogP contribution is -2.10. The molecule has 0 aliphatic rings. The van der Waals surface area contributed by atoms with E-state index in [0.717, 1.165) is 0 Å². The summed E-state index contributed by atoms with van der Waals surface area (Å²) in [6.07, 6.45) is -1.10. The maximum Gasteiger partial charge on any atom is 0.333 e. The van der Waals surface area contributed by atoms with Gasteiger partial charge in [-0.25, -0.2) is 0 Å². The zero-order valence-electron chi connectivity index (χ0n) is 7.31. The highest BCUT2D eigenvalue weighted by atomic mass is 31.2. The molecular formula is C5H7N4O5P. The Balaban J connectivity index is 2.72. The molecule has 0 unspecified atom stereocenters. The van der Waals surface area contributed by atoms with Crippen molar-refractivity contribution in [3.63, 3.8) is 0 Å². The van der Waals surface area contributed by atoms with E-state index in [1.54, 1.807) is 0 Å². The first-order valence-corrected chi connectivity index (χ1v) is 5.48. The molecule has 0 aromatic carbocycles. The Morgan fingerprint density at radius 2 is 1.60 bits per heavy atom. The Morgan fingerprint density at radius 1 is 1.13 bits per heavy atom. The number of carbonyl (C=O) groups is 1. The van der Waals surface area contributed by atoms with Gasteiger partial charge in [-0.2, -0.15) is 0 Å². The van der Waals surface area contributed by atoms with Gasteiger partial charge in [-0.15, -0.1) is 20.4 Å². The third-order valence-electron chi connectivity index (χ3n) is 1.22. The molecule has 1 rings (SSSR count). The Hall–Kier alpha value is -1.44. The van der Waals surface area contributed by atoms with Crippen LogP contribution in [-0.4, -0.2) is 41.3 Å². The maximum atomic E-state index is 10.5. The van der Waals surface area contributed by atoms with Crippen LogP contribution in [0.5, 0.6) is 0 Å². The minimum Gasteiger partial charge on any atom is -0.481 e. The van der Waals surface area contributed by atoms with Crippen LogP contribution in [0.3, 0.4) is 0 Å². The van der Waals surface area contributed by atoms with Crippen LogP contribution in [0.15, 0.2) is 0 Å². The molecular weight excluding hydrogens is 227 g/mol. The van der Waals surface area contributed by atoms with Gasteiger partial charge in [0.25, 0.3) is 0 Å². The van der Waals surface area contributed by atoms with Crippen LogP contribution in [0, 0.1) is 0 Å². The summed E-state index contributed by atoms with van der Waals surface area (Å²) in [5.74, 6) is -1.48. The quantitative estimate of drug-likeness (QED) is 0.533. The number of hydrogen-bond acceptors (Lipinski definition) is 6. The van der Waals surface area contributed by atoms with E-state index in [4.69, 9.17) is 14.9 Å². The van der Waals surface area contributed by atoms with Crippen molar-refractivity contribution in [1.82, 2.24) is 20.4 Å². The van der Waals surface area contributed by atoms with Gasteiger partial charge in [-0.1, -0.05) is 0 Å². The zero-order chi connectivity index (χ0) is 11.5. The number of aromatic nitrogens is 4. The fourth-order valence-electron chi connectivity index (χ4n) is 0.724. The summed E-state index contributed by atoms with van der Waals surface area (Å²) in [6.45, 7) is 0. The minimum absolute atomic E-state index is 0.114. The molecule has 0 spiro atoms. The third-order valence-corrected chi connectivity index (χ3v) is 1.91. The van der Waals surface area contributed by atoms with Crippen molar-refractivity contribution in [2.75, 3.05) is 0 Å².